The average Bonchev–Trinajstić information content (AvgIpc) is 2.41. The first-order valence-electron chi connectivity index (χ1n) is 6.41. The fourth-order valence-corrected chi connectivity index (χ4v) is 3.87. The van der Waals surface area contributed by atoms with Gasteiger partial charge in [-0.15, -0.1) is 0 Å². The second-order valence-corrected chi connectivity index (χ2v) is 6.81. The minimum absolute atomic E-state index is 0.0580. The van der Waals surface area contributed by atoms with E-state index in [0.29, 0.717) is 24.7 Å². The van der Waals surface area contributed by atoms with Crippen molar-refractivity contribution in [1.82, 2.24) is 9.62 Å². The Morgan fingerprint density at radius 1 is 1.26 bits per heavy atom. The second-order valence-electron chi connectivity index (χ2n) is 4.84. The molecule has 2 rings (SSSR count). The second kappa shape index (κ2) is 5.98. The Kier molecular flexibility index (Phi) is 4.54. The van der Waals surface area contributed by atoms with Crippen molar-refractivity contribution in [3.63, 3.8) is 0 Å². The van der Waals surface area contributed by atoms with E-state index < -0.39 is 10.0 Å². The minimum Gasteiger partial charge on any atom is -0.317 e. The minimum atomic E-state index is -3.30. The molecule has 1 N–H and O–H groups in total. The number of hydrogen-bond acceptors (Lipinski definition) is 3. The van der Waals surface area contributed by atoms with E-state index in [0.717, 1.165) is 12.8 Å². The van der Waals surface area contributed by atoms with Gasteiger partial charge in [0.1, 0.15) is 5.82 Å². The summed E-state index contributed by atoms with van der Waals surface area (Å²) in [6.45, 7) is 1.10. The van der Waals surface area contributed by atoms with Crippen molar-refractivity contribution in [2.45, 2.75) is 24.6 Å². The number of rotatable bonds is 4. The Labute approximate surface area is 113 Å². The molecule has 0 bridgehead atoms. The van der Waals surface area contributed by atoms with Crippen molar-refractivity contribution >= 4 is 10.0 Å². The van der Waals surface area contributed by atoms with E-state index in [2.05, 4.69) is 5.32 Å². The maximum Gasteiger partial charge on any atom is 0.218 e. The Morgan fingerprint density at radius 3 is 2.37 bits per heavy atom. The molecule has 0 saturated carbocycles. The SMILES string of the molecule is CNC1CCN(S(=O)(=O)Cc2ccc(F)cc2)CC1. The van der Waals surface area contributed by atoms with E-state index in [9.17, 15) is 12.8 Å². The van der Waals surface area contributed by atoms with Gasteiger partial charge in [0.05, 0.1) is 5.75 Å². The molecule has 0 amide bonds. The number of sulfonamides is 1. The normalized spacial score (nSPS) is 18.6. The van der Waals surface area contributed by atoms with Crippen LogP contribution < -0.4 is 5.32 Å². The molecule has 0 spiro atoms. The van der Waals surface area contributed by atoms with Crippen molar-refractivity contribution in [3.05, 3.63) is 35.6 Å². The molecule has 1 aromatic carbocycles. The third-order valence-corrected chi connectivity index (χ3v) is 5.37. The molecule has 0 aromatic heterocycles. The first kappa shape index (κ1) is 14.4. The Balaban J connectivity index is 2.01. The number of hydrogen-bond donors (Lipinski definition) is 1. The molecule has 19 heavy (non-hydrogen) atoms. The van der Waals surface area contributed by atoms with Crippen molar-refractivity contribution in [2.75, 3.05) is 20.1 Å². The molecule has 0 aliphatic carbocycles. The highest BCUT2D eigenvalue weighted by Crippen LogP contribution is 2.17. The van der Waals surface area contributed by atoms with E-state index >= 15 is 0 Å². The van der Waals surface area contributed by atoms with Gasteiger partial charge in [0.25, 0.3) is 0 Å². The van der Waals surface area contributed by atoms with Crippen molar-refractivity contribution in [2.24, 2.45) is 0 Å². The molecular formula is C13H19FN2O2S. The highest BCUT2D eigenvalue weighted by molar-refractivity contribution is 7.88. The van der Waals surface area contributed by atoms with Crippen LogP contribution in [0.3, 0.4) is 0 Å². The van der Waals surface area contributed by atoms with Crippen LogP contribution in [0.1, 0.15) is 18.4 Å². The monoisotopic (exact) mass is 286 g/mol. The highest BCUT2D eigenvalue weighted by Gasteiger charge is 2.27. The van der Waals surface area contributed by atoms with E-state index in [1.807, 2.05) is 7.05 Å². The molecule has 1 fully saturated rings. The molecule has 6 heteroatoms. The van der Waals surface area contributed by atoms with Crippen molar-refractivity contribution in [1.29, 1.82) is 0 Å². The summed E-state index contributed by atoms with van der Waals surface area (Å²) in [6.07, 6.45) is 1.66. The fraction of sp³-hybridized carbons (Fsp3) is 0.538. The quantitative estimate of drug-likeness (QED) is 0.908. The predicted octanol–water partition coefficient (Wildman–Crippen LogP) is 1.34. The van der Waals surface area contributed by atoms with Gasteiger partial charge < -0.3 is 5.32 Å². The highest BCUT2D eigenvalue weighted by atomic mass is 32.2. The van der Waals surface area contributed by atoms with Crippen LogP contribution in [0, 0.1) is 5.82 Å². The average molecular weight is 286 g/mol. The summed E-state index contributed by atoms with van der Waals surface area (Å²) in [6, 6.07) is 6.02. The molecule has 0 atom stereocenters. The smallest absolute Gasteiger partial charge is 0.218 e. The van der Waals surface area contributed by atoms with E-state index in [1.54, 1.807) is 0 Å². The maximum atomic E-state index is 12.8. The molecule has 1 saturated heterocycles. The standard InChI is InChI=1S/C13H19FN2O2S/c1-15-13-6-8-16(9-7-13)19(17,18)10-11-2-4-12(14)5-3-11/h2-5,13,15H,6-10H2,1H3. The van der Waals surface area contributed by atoms with Gasteiger partial charge in [-0.2, -0.15) is 0 Å². The summed E-state index contributed by atoms with van der Waals surface area (Å²) in [5.41, 5.74) is 0.622. The first-order chi connectivity index (χ1) is 9.01. The van der Waals surface area contributed by atoms with Gasteiger partial charge in [-0.1, -0.05) is 12.1 Å². The number of piperidine rings is 1. The Hall–Kier alpha value is -0.980. The van der Waals surface area contributed by atoms with E-state index in [1.165, 1.54) is 28.6 Å². The lowest BCUT2D eigenvalue weighted by molar-refractivity contribution is 0.298. The summed E-state index contributed by atoms with van der Waals surface area (Å²) in [5, 5.41) is 3.17. The molecule has 1 heterocycles. The molecule has 1 aliphatic heterocycles. The maximum absolute atomic E-state index is 12.8. The summed E-state index contributed by atoms with van der Waals surface area (Å²) in [5.74, 6) is -0.409. The van der Waals surface area contributed by atoms with Gasteiger partial charge in [-0.3, -0.25) is 0 Å². The van der Waals surface area contributed by atoms with Gasteiger partial charge in [0.15, 0.2) is 0 Å². The van der Waals surface area contributed by atoms with Crippen LogP contribution in [-0.2, 0) is 15.8 Å². The molecule has 106 valence electrons. The van der Waals surface area contributed by atoms with E-state index in [-0.39, 0.29) is 11.6 Å². The lowest BCUT2D eigenvalue weighted by Crippen LogP contribution is -2.44. The zero-order valence-corrected chi connectivity index (χ0v) is 11.8. The third kappa shape index (κ3) is 3.75. The molecule has 4 nitrogen and oxygen atoms in total. The van der Waals surface area contributed by atoms with Gasteiger partial charge in [0, 0.05) is 19.1 Å². The molecular weight excluding hydrogens is 267 g/mol. The van der Waals surface area contributed by atoms with Crippen LogP contribution in [0.2, 0.25) is 0 Å². The van der Waals surface area contributed by atoms with Crippen LogP contribution in [0.25, 0.3) is 0 Å². The van der Waals surface area contributed by atoms with Gasteiger partial charge in [-0.05, 0) is 37.6 Å². The fourth-order valence-electron chi connectivity index (χ4n) is 2.31. The zero-order chi connectivity index (χ0) is 13.9. The Bertz CT molecular complexity index is 508. The van der Waals surface area contributed by atoms with E-state index in [4.69, 9.17) is 0 Å². The molecule has 0 radical (unpaired) electrons. The number of nitrogens with zero attached hydrogens (tertiary/aromatic N) is 1. The van der Waals surface area contributed by atoms with Gasteiger partial charge >= 0.3 is 0 Å². The zero-order valence-electron chi connectivity index (χ0n) is 11.0. The lowest BCUT2D eigenvalue weighted by atomic mass is 10.1. The third-order valence-electron chi connectivity index (χ3n) is 3.52. The summed E-state index contributed by atoms with van der Waals surface area (Å²) >= 11 is 0. The number of halogens is 1. The topological polar surface area (TPSA) is 49.4 Å². The molecule has 0 unspecified atom stereocenters. The summed E-state index contributed by atoms with van der Waals surface area (Å²) < 4.78 is 38.8. The van der Waals surface area contributed by atoms with Crippen LogP contribution in [0.5, 0.6) is 0 Å². The number of nitrogens with one attached hydrogen (secondary N) is 1. The van der Waals surface area contributed by atoms with Crippen LogP contribution in [0.4, 0.5) is 4.39 Å². The first-order valence-corrected chi connectivity index (χ1v) is 8.02. The van der Waals surface area contributed by atoms with Crippen LogP contribution >= 0.6 is 0 Å². The van der Waals surface area contributed by atoms with Crippen molar-refractivity contribution in [3.8, 4) is 0 Å². The molecule has 1 aromatic rings. The van der Waals surface area contributed by atoms with Gasteiger partial charge in [0.2, 0.25) is 10.0 Å². The number of benzene rings is 1. The predicted molar refractivity (Wildman–Crippen MR) is 72.7 cm³/mol. The summed E-state index contributed by atoms with van der Waals surface area (Å²) in [7, 11) is -1.40. The van der Waals surface area contributed by atoms with Gasteiger partial charge in [-0.25, -0.2) is 17.1 Å². The van der Waals surface area contributed by atoms with Crippen LogP contribution in [-0.4, -0.2) is 38.9 Å². The molecule has 1 aliphatic rings. The van der Waals surface area contributed by atoms with Crippen molar-refractivity contribution < 1.29 is 12.8 Å². The van der Waals surface area contributed by atoms with Crippen LogP contribution in [0.15, 0.2) is 24.3 Å². The largest absolute Gasteiger partial charge is 0.317 e. The summed E-state index contributed by atoms with van der Waals surface area (Å²) in [4.78, 5) is 0. The lowest BCUT2D eigenvalue weighted by Gasteiger charge is -2.31. The Morgan fingerprint density at radius 2 is 1.84 bits per heavy atom.